The van der Waals surface area contributed by atoms with E-state index in [4.69, 9.17) is 4.74 Å². The molecule has 0 aromatic heterocycles. The number of aliphatic hydroxyl groups is 1. The van der Waals surface area contributed by atoms with E-state index in [9.17, 15) is 14.7 Å². The first-order valence-electron chi connectivity index (χ1n) is 11.7. The van der Waals surface area contributed by atoms with Gasteiger partial charge in [0.1, 0.15) is 6.61 Å². The minimum Gasteiger partial charge on any atom is -0.457 e. The van der Waals surface area contributed by atoms with Crippen LogP contribution in [0.5, 0.6) is 0 Å². The molecule has 0 fully saturated rings. The molecule has 0 saturated heterocycles. The molecule has 0 saturated carbocycles. The Morgan fingerprint density at radius 1 is 1.00 bits per heavy atom. The summed E-state index contributed by atoms with van der Waals surface area (Å²) in [6.07, 6.45) is 1.68. The van der Waals surface area contributed by atoms with Crippen LogP contribution in [0.4, 0.5) is 0 Å². The van der Waals surface area contributed by atoms with Gasteiger partial charge in [-0.2, -0.15) is 0 Å². The number of rotatable bonds is 9. The summed E-state index contributed by atoms with van der Waals surface area (Å²) in [5.41, 5.74) is 2.45. The Morgan fingerprint density at radius 3 is 2.38 bits per heavy atom. The van der Waals surface area contributed by atoms with E-state index < -0.39 is 11.6 Å². The van der Waals surface area contributed by atoms with Gasteiger partial charge in [-0.05, 0) is 47.9 Å². The zero-order chi connectivity index (χ0) is 24.2. The number of hydrogen-bond donors (Lipinski definition) is 2. The molecular weight excluding hydrogens is 426 g/mol. The lowest BCUT2D eigenvalue weighted by Gasteiger charge is -2.37. The molecule has 176 valence electrons. The van der Waals surface area contributed by atoms with E-state index in [0.717, 1.165) is 16.7 Å². The normalized spacial score (nSPS) is 14.7. The molecular formula is C29H31NO4. The molecule has 3 aromatic carbocycles. The Hall–Kier alpha value is -3.44. The van der Waals surface area contributed by atoms with E-state index in [1.807, 2.05) is 48.5 Å². The lowest BCUT2D eigenvalue weighted by molar-refractivity contribution is 0.00603. The number of fused-ring (bicyclic) bond motifs is 1. The second-order valence-electron chi connectivity index (χ2n) is 9.77. The highest BCUT2D eigenvalue weighted by Gasteiger charge is 2.36. The second kappa shape index (κ2) is 9.82. The lowest BCUT2D eigenvalue weighted by Crippen LogP contribution is -2.47. The average Bonchev–Trinajstić information content (AvgIpc) is 3.22. The SMILES string of the molecule is CC(C)(C[C@](O)(CCc1ccccc1)CNC(=O)c1ccc2c(c1)C(=O)OC2)c1ccccc1. The van der Waals surface area contributed by atoms with Crippen molar-refractivity contribution in [2.75, 3.05) is 6.54 Å². The van der Waals surface area contributed by atoms with Crippen LogP contribution in [-0.2, 0) is 23.2 Å². The topological polar surface area (TPSA) is 75.6 Å². The molecule has 5 heteroatoms. The van der Waals surface area contributed by atoms with Crippen LogP contribution in [0.2, 0.25) is 0 Å². The summed E-state index contributed by atoms with van der Waals surface area (Å²) in [5.74, 6) is -0.730. The zero-order valence-corrected chi connectivity index (χ0v) is 19.7. The van der Waals surface area contributed by atoms with E-state index in [1.165, 1.54) is 0 Å². The van der Waals surface area contributed by atoms with Crippen molar-refractivity contribution in [3.05, 3.63) is 107 Å². The maximum absolute atomic E-state index is 12.9. The summed E-state index contributed by atoms with van der Waals surface area (Å²) in [6, 6.07) is 25.2. The van der Waals surface area contributed by atoms with E-state index in [0.29, 0.717) is 30.4 Å². The van der Waals surface area contributed by atoms with Gasteiger partial charge in [0.05, 0.1) is 11.2 Å². The molecule has 1 amide bonds. The molecule has 34 heavy (non-hydrogen) atoms. The fraction of sp³-hybridized carbons (Fsp3) is 0.310. The Bertz CT molecular complexity index is 1160. The smallest absolute Gasteiger partial charge is 0.338 e. The molecule has 1 atom stereocenters. The number of aryl methyl sites for hydroxylation is 1. The number of carbonyl (C=O) groups excluding carboxylic acids is 2. The van der Waals surface area contributed by atoms with Crippen molar-refractivity contribution in [2.45, 2.75) is 50.7 Å². The predicted octanol–water partition coefficient (Wildman–Crippen LogP) is 4.82. The Labute approximate surface area is 200 Å². The van der Waals surface area contributed by atoms with Crippen LogP contribution in [0.15, 0.2) is 78.9 Å². The third-order valence-electron chi connectivity index (χ3n) is 6.58. The van der Waals surface area contributed by atoms with Crippen molar-refractivity contribution in [3.8, 4) is 0 Å². The van der Waals surface area contributed by atoms with Gasteiger partial charge in [-0.1, -0.05) is 80.6 Å². The van der Waals surface area contributed by atoms with E-state index in [-0.39, 0.29) is 24.5 Å². The highest BCUT2D eigenvalue weighted by Crippen LogP contribution is 2.34. The van der Waals surface area contributed by atoms with Crippen LogP contribution in [0.25, 0.3) is 0 Å². The zero-order valence-electron chi connectivity index (χ0n) is 19.7. The van der Waals surface area contributed by atoms with E-state index >= 15 is 0 Å². The summed E-state index contributed by atoms with van der Waals surface area (Å²) < 4.78 is 5.03. The molecule has 1 aliphatic rings. The van der Waals surface area contributed by atoms with Gasteiger partial charge in [0, 0.05) is 17.7 Å². The molecule has 5 nitrogen and oxygen atoms in total. The summed E-state index contributed by atoms with van der Waals surface area (Å²) >= 11 is 0. The van der Waals surface area contributed by atoms with Crippen molar-refractivity contribution in [1.82, 2.24) is 5.32 Å². The second-order valence-corrected chi connectivity index (χ2v) is 9.77. The molecule has 1 aliphatic heterocycles. The molecule has 1 heterocycles. The van der Waals surface area contributed by atoms with Crippen LogP contribution in [-0.4, -0.2) is 29.1 Å². The molecule has 0 unspecified atom stereocenters. The Morgan fingerprint density at radius 2 is 1.68 bits per heavy atom. The fourth-order valence-corrected chi connectivity index (χ4v) is 4.68. The van der Waals surface area contributed by atoms with Crippen LogP contribution in [0.3, 0.4) is 0 Å². The van der Waals surface area contributed by atoms with Gasteiger partial charge in [-0.25, -0.2) is 4.79 Å². The van der Waals surface area contributed by atoms with Crippen LogP contribution in [0.1, 0.15) is 64.1 Å². The number of esters is 1. The van der Waals surface area contributed by atoms with Crippen molar-refractivity contribution < 1.29 is 19.4 Å². The van der Waals surface area contributed by atoms with Crippen molar-refractivity contribution in [3.63, 3.8) is 0 Å². The first kappa shape index (κ1) is 23.7. The number of benzene rings is 3. The number of cyclic esters (lactones) is 1. The first-order chi connectivity index (χ1) is 16.3. The van der Waals surface area contributed by atoms with E-state index in [1.54, 1.807) is 18.2 Å². The fourth-order valence-electron chi connectivity index (χ4n) is 4.68. The van der Waals surface area contributed by atoms with Gasteiger partial charge in [0.2, 0.25) is 0 Å². The predicted molar refractivity (Wildman–Crippen MR) is 132 cm³/mol. The summed E-state index contributed by atoms with van der Waals surface area (Å²) in [5, 5.41) is 14.7. The van der Waals surface area contributed by atoms with Crippen molar-refractivity contribution in [2.24, 2.45) is 0 Å². The number of hydrogen-bond acceptors (Lipinski definition) is 4. The summed E-state index contributed by atoms with van der Waals surface area (Å²) in [7, 11) is 0. The molecule has 2 N–H and O–H groups in total. The van der Waals surface area contributed by atoms with E-state index in [2.05, 4.69) is 31.3 Å². The highest BCUT2D eigenvalue weighted by atomic mass is 16.5. The molecule has 0 radical (unpaired) electrons. The van der Waals surface area contributed by atoms with Gasteiger partial charge >= 0.3 is 5.97 Å². The minimum atomic E-state index is -1.12. The van der Waals surface area contributed by atoms with Crippen LogP contribution < -0.4 is 5.32 Å². The monoisotopic (exact) mass is 457 g/mol. The molecule has 3 aromatic rings. The summed E-state index contributed by atoms with van der Waals surface area (Å²) in [6.45, 7) is 4.58. The number of amides is 1. The number of carbonyl (C=O) groups is 2. The van der Waals surface area contributed by atoms with Crippen LogP contribution in [0, 0.1) is 0 Å². The standard InChI is InChI=1S/C29H31NO4/c1-28(2,24-11-7-4-8-12-24)19-29(33,16-15-21-9-5-3-6-10-21)20-30-26(31)22-13-14-23-18-34-27(32)25(23)17-22/h3-14,17,33H,15-16,18-20H2,1-2H3,(H,30,31)/t29-/m1/s1. The third-order valence-corrected chi connectivity index (χ3v) is 6.58. The van der Waals surface area contributed by atoms with Crippen molar-refractivity contribution in [1.29, 1.82) is 0 Å². The number of nitrogens with one attached hydrogen (secondary N) is 1. The molecule has 0 aliphatic carbocycles. The summed E-state index contributed by atoms with van der Waals surface area (Å²) in [4.78, 5) is 24.8. The van der Waals surface area contributed by atoms with Gasteiger partial charge < -0.3 is 15.2 Å². The van der Waals surface area contributed by atoms with Gasteiger partial charge in [-0.3, -0.25) is 4.79 Å². The molecule has 0 bridgehead atoms. The number of ether oxygens (including phenoxy) is 1. The largest absolute Gasteiger partial charge is 0.457 e. The first-order valence-corrected chi connectivity index (χ1v) is 11.7. The molecule has 0 spiro atoms. The minimum absolute atomic E-state index is 0.108. The average molecular weight is 458 g/mol. The highest BCUT2D eigenvalue weighted by molar-refractivity contribution is 5.99. The maximum Gasteiger partial charge on any atom is 0.338 e. The Balaban J connectivity index is 1.51. The van der Waals surface area contributed by atoms with Gasteiger partial charge in [0.15, 0.2) is 0 Å². The van der Waals surface area contributed by atoms with Gasteiger partial charge in [0.25, 0.3) is 5.91 Å². The third kappa shape index (κ3) is 5.54. The Kier molecular flexibility index (Phi) is 6.85. The van der Waals surface area contributed by atoms with Crippen molar-refractivity contribution >= 4 is 11.9 Å². The lowest BCUT2D eigenvalue weighted by atomic mass is 9.73. The van der Waals surface area contributed by atoms with Crippen LogP contribution >= 0.6 is 0 Å². The quantitative estimate of drug-likeness (QED) is 0.452. The maximum atomic E-state index is 12.9. The van der Waals surface area contributed by atoms with Gasteiger partial charge in [-0.15, -0.1) is 0 Å². The molecule has 4 rings (SSSR count).